The second-order valence-electron chi connectivity index (χ2n) is 8.64. The van der Waals surface area contributed by atoms with Gasteiger partial charge in [-0.2, -0.15) is 0 Å². The van der Waals surface area contributed by atoms with Gasteiger partial charge in [-0.1, -0.05) is 26.0 Å². The van der Waals surface area contributed by atoms with E-state index in [2.05, 4.69) is 36.9 Å². The molecular weight excluding hydrogens is 394 g/mol. The molecule has 2 aromatic rings. The molecule has 0 bridgehead atoms. The molecule has 2 fully saturated rings. The summed E-state index contributed by atoms with van der Waals surface area (Å²) in [7, 11) is 0. The molecule has 2 unspecified atom stereocenters. The van der Waals surface area contributed by atoms with Crippen molar-refractivity contribution in [2.24, 2.45) is 17.5 Å². The SMILES string of the molecule is CC(=O)/C(N)=C/N(N)C(C(=C1CC1)N1CCCC1c1nc2ccccc2s1)C(C)C. The van der Waals surface area contributed by atoms with Gasteiger partial charge in [0.05, 0.1) is 28.0 Å². The van der Waals surface area contributed by atoms with Crippen molar-refractivity contribution in [2.45, 2.75) is 58.5 Å². The number of carbonyl (C=O) groups is 1. The Morgan fingerprint density at radius 2 is 2.07 bits per heavy atom. The summed E-state index contributed by atoms with van der Waals surface area (Å²) in [5.74, 6) is 6.59. The molecule has 1 aliphatic heterocycles. The number of benzene rings is 1. The van der Waals surface area contributed by atoms with Crippen LogP contribution in [0, 0.1) is 5.92 Å². The molecule has 160 valence electrons. The van der Waals surface area contributed by atoms with Gasteiger partial charge in [-0.3, -0.25) is 4.79 Å². The van der Waals surface area contributed by atoms with E-state index in [4.69, 9.17) is 16.6 Å². The minimum absolute atomic E-state index is 0.0321. The van der Waals surface area contributed by atoms with Crippen molar-refractivity contribution in [2.75, 3.05) is 6.54 Å². The molecule has 1 saturated carbocycles. The number of Topliss-reactive ketones (excluding diaryl/α,β-unsaturated/α-hetero) is 1. The van der Waals surface area contributed by atoms with Gasteiger partial charge in [-0.05, 0) is 49.3 Å². The second kappa shape index (κ2) is 8.40. The Hall–Kier alpha value is -2.38. The van der Waals surface area contributed by atoms with E-state index in [0.717, 1.165) is 37.7 Å². The van der Waals surface area contributed by atoms with Gasteiger partial charge in [-0.15, -0.1) is 11.3 Å². The lowest BCUT2D eigenvalue weighted by Crippen LogP contribution is -2.47. The Kier molecular flexibility index (Phi) is 5.84. The third kappa shape index (κ3) is 4.09. The molecule has 1 saturated heterocycles. The van der Waals surface area contributed by atoms with Gasteiger partial charge in [0.2, 0.25) is 0 Å². The number of para-hydroxylation sites is 1. The molecule has 2 atom stereocenters. The highest BCUT2D eigenvalue weighted by atomic mass is 32.1. The van der Waals surface area contributed by atoms with Crippen LogP contribution in [-0.2, 0) is 4.79 Å². The highest BCUT2D eigenvalue weighted by Crippen LogP contribution is 2.45. The van der Waals surface area contributed by atoms with Crippen molar-refractivity contribution in [3.05, 3.63) is 52.4 Å². The summed E-state index contributed by atoms with van der Waals surface area (Å²) >= 11 is 1.79. The second-order valence-corrected chi connectivity index (χ2v) is 9.70. The topological polar surface area (TPSA) is 88.5 Å². The van der Waals surface area contributed by atoms with E-state index in [1.54, 1.807) is 22.5 Å². The van der Waals surface area contributed by atoms with Crippen LogP contribution in [0.4, 0.5) is 0 Å². The average Bonchev–Trinajstić information content (AvgIpc) is 3.25. The van der Waals surface area contributed by atoms with E-state index >= 15 is 0 Å². The highest BCUT2D eigenvalue weighted by molar-refractivity contribution is 7.18. The fourth-order valence-electron chi connectivity index (χ4n) is 4.38. The summed E-state index contributed by atoms with van der Waals surface area (Å²) in [5, 5.41) is 2.83. The van der Waals surface area contributed by atoms with Crippen molar-refractivity contribution < 1.29 is 4.79 Å². The molecule has 2 aliphatic rings. The van der Waals surface area contributed by atoms with Crippen LogP contribution in [0.1, 0.15) is 57.5 Å². The predicted octanol–water partition coefficient (Wildman–Crippen LogP) is 4.07. The lowest BCUT2D eigenvalue weighted by atomic mass is 9.97. The molecule has 1 aromatic carbocycles. The summed E-state index contributed by atoms with van der Waals surface area (Å²) in [6.07, 6.45) is 6.05. The number of likely N-dealkylation sites (tertiary alicyclic amines) is 1. The summed E-state index contributed by atoms with van der Waals surface area (Å²) in [5.41, 5.74) is 9.95. The molecule has 0 spiro atoms. The van der Waals surface area contributed by atoms with Crippen LogP contribution in [0.5, 0.6) is 0 Å². The third-order valence-electron chi connectivity index (χ3n) is 5.95. The highest BCUT2D eigenvalue weighted by Gasteiger charge is 2.39. The summed E-state index contributed by atoms with van der Waals surface area (Å²) < 4.78 is 1.23. The van der Waals surface area contributed by atoms with Gasteiger partial charge in [-0.25, -0.2) is 10.8 Å². The molecule has 1 aromatic heterocycles. The van der Waals surface area contributed by atoms with E-state index in [9.17, 15) is 4.79 Å². The Labute approximate surface area is 182 Å². The number of nitrogens with zero attached hydrogens (tertiary/aromatic N) is 3. The van der Waals surface area contributed by atoms with Gasteiger partial charge in [0.15, 0.2) is 5.78 Å². The molecular formula is C23H31N5OS. The molecule has 0 amide bonds. The number of hydrogen-bond acceptors (Lipinski definition) is 7. The van der Waals surface area contributed by atoms with E-state index in [1.807, 2.05) is 6.07 Å². The lowest BCUT2D eigenvalue weighted by Gasteiger charge is -2.39. The minimum Gasteiger partial charge on any atom is -0.395 e. The zero-order chi connectivity index (χ0) is 21.4. The van der Waals surface area contributed by atoms with Crippen LogP contribution >= 0.6 is 11.3 Å². The van der Waals surface area contributed by atoms with Crippen LogP contribution in [-0.4, -0.2) is 33.3 Å². The molecule has 4 rings (SSSR count). The number of rotatable bonds is 7. The number of fused-ring (bicyclic) bond motifs is 1. The normalized spacial score (nSPS) is 20.2. The average molecular weight is 426 g/mol. The smallest absolute Gasteiger partial charge is 0.176 e. The Balaban J connectivity index is 1.70. The number of ketones is 1. The first kappa shape index (κ1) is 20.9. The van der Waals surface area contributed by atoms with E-state index in [1.165, 1.54) is 27.9 Å². The Morgan fingerprint density at radius 3 is 2.70 bits per heavy atom. The monoisotopic (exact) mass is 425 g/mol. The van der Waals surface area contributed by atoms with Crippen molar-refractivity contribution in [1.82, 2.24) is 14.9 Å². The van der Waals surface area contributed by atoms with Crippen molar-refractivity contribution >= 4 is 27.3 Å². The molecule has 0 radical (unpaired) electrons. The van der Waals surface area contributed by atoms with Gasteiger partial charge >= 0.3 is 0 Å². The number of carbonyl (C=O) groups excluding carboxylic acids is 1. The van der Waals surface area contributed by atoms with Crippen molar-refractivity contribution in [1.29, 1.82) is 0 Å². The summed E-state index contributed by atoms with van der Waals surface area (Å²) in [4.78, 5) is 19.2. The zero-order valence-corrected chi connectivity index (χ0v) is 18.8. The van der Waals surface area contributed by atoms with E-state index in [-0.39, 0.29) is 29.5 Å². The molecule has 2 heterocycles. The fourth-order valence-corrected chi connectivity index (χ4v) is 5.49. The van der Waals surface area contributed by atoms with Gasteiger partial charge in [0.25, 0.3) is 0 Å². The fraction of sp³-hybridized carbons (Fsp3) is 0.478. The maximum Gasteiger partial charge on any atom is 0.176 e. The maximum absolute atomic E-state index is 11.7. The van der Waals surface area contributed by atoms with Gasteiger partial charge in [0, 0.05) is 25.4 Å². The lowest BCUT2D eigenvalue weighted by molar-refractivity contribution is -0.113. The van der Waals surface area contributed by atoms with Crippen LogP contribution in [0.15, 0.2) is 47.4 Å². The number of thiazole rings is 1. The van der Waals surface area contributed by atoms with Crippen molar-refractivity contribution in [3.8, 4) is 0 Å². The molecule has 6 nitrogen and oxygen atoms in total. The first-order valence-electron chi connectivity index (χ1n) is 10.7. The molecule has 7 heteroatoms. The number of allylic oxidation sites excluding steroid dienone is 2. The number of aromatic nitrogens is 1. The Morgan fingerprint density at radius 1 is 1.33 bits per heavy atom. The molecule has 4 N–H and O–H groups in total. The van der Waals surface area contributed by atoms with Gasteiger partial charge in [0.1, 0.15) is 5.01 Å². The minimum atomic E-state index is -0.165. The zero-order valence-electron chi connectivity index (χ0n) is 18.0. The Bertz CT molecular complexity index is 969. The van der Waals surface area contributed by atoms with Crippen LogP contribution in [0.25, 0.3) is 10.2 Å². The number of hydrazine groups is 1. The quantitative estimate of drug-likeness (QED) is 0.395. The summed E-state index contributed by atoms with van der Waals surface area (Å²) in [6, 6.07) is 8.58. The first-order chi connectivity index (χ1) is 14.4. The third-order valence-corrected chi connectivity index (χ3v) is 7.09. The van der Waals surface area contributed by atoms with E-state index in [0.29, 0.717) is 0 Å². The van der Waals surface area contributed by atoms with Crippen molar-refractivity contribution in [3.63, 3.8) is 0 Å². The first-order valence-corrected chi connectivity index (χ1v) is 11.5. The molecule has 1 aliphatic carbocycles. The number of hydrogen-bond donors (Lipinski definition) is 2. The maximum atomic E-state index is 11.7. The van der Waals surface area contributed by atoms with Gasteiger partial charge < -0.3 is 15.6 Å². The number of nitrogens with two attached hydrogens (primary N) is 2. The van der Waals surface area contributed by atoms with E-state index < -0.39 is 0 Å². The van der Waals surface area contributed by atoms with Crippen LogP contribution in [0.3, 0.4) is 0 Å². The molecule has 30 heavy (non-hydrogen) atoms. The predicted molar refractivity (Wildman–Crippen MR) is 122 cm³/mol. The van der Waals surface area contributed by atoms with Crippen LogP contribution < -0.4 is 11.6 Å². The van der Waals surface area contributed by atoms with Crippen LogP contribution in [0.2, 0.25) is 0 Å². The largest absolute Gasteiger partial charge is 0.395 e. The summed E-state index contributed by atoms with van der Waals surface area (Å²) in [6.45, 7) is 6.82. The standard InChI is InChI=1S/C23H31N5OS/c1-14(2)21(28(25)13-17(24)15(3)29)22(16-10-11-16)27-12-6-8-19(27)23-26-18-7-4-5-9-20(18)30-23/h4-5,7,9,13-14,19,21H,6,8,10-12,24-25H2,1-3H3/b17-13-.